The summed E-state index contributed by atoms with van der Waals surface area (Å²) in [6, 6.07) is 5.79. The molecule has 0 amide bonds. The van der Waals surface area contributed by atoms with Gasteiger partial charge in [0.05, 0.1) is 0 Å². The van der Waals surface area contributed by atoms with Crippen molar-refractivity contribution in [2.24, 2.45) is 0 Å². The van der Waals surface area contributed by atoms with Crippen molar-refractivity contribution in [3.05, 3.63) is 48.0 Å². The van der Waals surface area contributed by atoms with Crippen LogP contribution < -0.4 is 0 Å². The Labute approximate surface area is 104 Å². The van der Waals surface area contributed by atoms with Gasteiger partial charge in [0.15, 0.2) is 5.69 Å². The van der Waals surface area contributed by atoms with E-state index in [-0.39, 0.29) is 11.1 Å². The van der Waals surface area contributed by atoms with Gasteiger partial charge >= 0.3 is 6.18 Å². The first-order valence-electron chi connectivity index (χ1n) is 5.08. The van der Waals surface area contributed by atoms with E-state index in [0.717, 1.165) is 18.5 Å². The first-order valence-corrected chi connectivity index (χ1v) is 5.08. The molecule has 0 aliphatic heterocycles. The van der Waals surface area contributed by atoms with Crippen LogP contribution >= 0.6 is 0 Å². The molecular formula is C12H6F5N2. The molecule has 0 aliphatic carbocycles. The van der Waals surface area contributed by atoms with E-state index in [1.807, 2.05) is 0 Å². The fourth-order valence-corrected chi connectivity index (χ4v) is 1.52. The first kappa shape index (κ1) is 13.4. The number of alkyl halides is 5. The molecule has 99 valence electrons. The van der Waals surface area contributed by atoms with Gasteiger partial charge in [-0.05, 0) is 17.7 Å². The summed E-state index contributed by atoms with van der Waals surface area (Å²) in [6.45, 7) is 0. The van der Waals surface area contributed by atoms with E-state index >= 15 is 0 Å². The monoisotopic (exact) mass is 273 g/mol. The Morgan fingerprint density at radius 3 is 2.42 bits per heavy atom. The maximum absolute atomic E-state index is 12.8. The molecule has 0 saturated heterocycles. The third-order valence-electron chi connectivity index (χ3n) is 2.29. The maximum atomic E-state index is 12.8. The smallest absolute Gasteiger partial charge is 0.255 e. The summed E-state index contributed by atoms with van der Waals surface area (Å²) < 4.78 is 63.2. The molecule has 0 N–H and O–H groups in total. The third kappa shape index (κ3) is 2.86. The van der Waals surface area contributed by atoms with E-state index in [9.17, 15) is 22.0 Å². The summed E-state index contributed by atoms with van der Waals surface area (Å²) in [5, 5.41) is 0. The van der Waals surface area contributed by atoms with E-state index in [1.54, 1.807) is 0 Å². The highest BCUT2D eigenvalue weighted by molar-refractivity contribution is 5.65. The molecule has 0 fully saturated rings. The standard InChI is InChI=1S/C12H6F5N2/c13-11(14)9-6-7(3-5-18-9)8-2-1-4-19-10(8)12(15,16)17/h1-5,11H. The molecule has 2 aromatic heterocycles. The van der Waals surface area contributed by atoms with Gasteiger partial charge in [-0.25, -0.2) is 8.78 Å². The number of pyridine rings is 2. The molecule has 2 heterocycles. The second-order valence-electron chi connectivity index (χ2n) is 3.57. The van der Waals surface area contributed by atoms with Crippen LogP contribution in [0, 0.1) is 6.07 Å². The van der Waals surface area contributed by atoms with Crippen molar-refractivity contribution in [2.75, 3.05) is 0 Å². The lowest BCUT2D eigenvalue weighted by atomic mass is 10.0. The second-order valence-corrected chi connectivity index (χ2v) is 3.57. The fourth-order valence-electron chi connectivity index (χ4n) is 1.52. The lowest BCUT2D eigenvalue weighted by molar-refractivity contribution is -0.140. The number of hydrogen-bond acceptors (Lipinski definition) is 2. The zero-order valence-electron chi connectivity index (χ0n) is 9.25. The van der Waals surface area contributed by atoms with E-state index in [2.05, 4.69) is 16.0 Å². The van der Waals surface area contributed by atoms with Crippen LogP contribution in [-0.2, 0) is 6.18 Å². The van der Waals surface area contributed by atoms with Crippen LogP contribution in [0.25, 0.3) is 11.1 Å². The highest BCUT2D eigenvalue weighted by atomic mass is 19.4. The number of aromatic nitrogens is 2. The number of hydrogen-bond donors (Lipinski definition) is 0. The summed E-state index contributed by atoms with van der Waals surface area (Å²) in [5.41, 5.74) is -2.27. The van der Waals surface area contributed by atoms with Gasteiger partial charge in [-0.1, -0.05) is 6.07 Å². The molecule has 19 heavy (non-hydrogen) atoms. The molecule has 0 aliphatic rings. The summed E-state index contributed by atoms with van der Waals surface area (Å²) in [6.07, 6.45) is -5.56. The van der Waals surface area contributed by atoms with Gasteiger partial charge in [-0.3, -0.25) is 9.97 Å². The second kappa shape index (κ2) is 4.91. The quantitative estimate of drug-likeness (QED) is 0.775. The predicted molar refractivity (Wildman–Crippen MR) is 56.3 cm³/mol. The van der Waals surface area contributed by atoms with Crippen LogP contribution in [0.2, 0.25) is 0 Å². The lowest BCUT2D eigenvalue weighted by Gasteiger charge is -2.11. The highest BCUT2D eigenvalue weighted by Gasteiger charge is 2.35. The van der Waals surface area contributed by atoms with Crippen molar-refractivity contribution in [1.82, 2.24) is 9.97 Å². The highest BCUT2D eigenvalue weighted by Crippen LogP contribution is 2.35. The number of halogens is 5. The summed E-state index contributed by atoms with van der Waals surface area (Å²) in [5.74, 6) is 0. The van der Waals surface area contributed by atoms with Crippen LogP contribution in [0.5, 0.6) is 0 Å². The predicted octanol–water partition coefficient (Wildman–Crippen LogP) is 3.90. The molecule has 2 nitrogen and oxygen atoms in total. The molecule has 0 bridgehead atoms. The zero-order valence-corrected chi connectivity index (χ0v) is 9.25. The summed E-state index contributed by atoms with van der Waals surface area (Å²) >= 11 is 0. The van der Waals surface area contributed by atoms with Crippen molar-refractivity contribution in [3.8, 4) is 11.1 Å². The molecule has 0 saturated carbocycles. The first-order chi connectivity index (χ1) is 8.89. The molecule has 1 radical (unpaired) electrons. The SMILES string of the molecule is FC(F)c1[c]c(-c2cccnc2C(F)(F)F)ccn1. The van der Waals surface area contributed by atoms with Crippen molar-refractivity contribution in [1.29, 1.82) is 0 Å². The van der Waals surface area contributed by atoms with E-state index in [4.69, 9.17) is 0 Å². The lowest BCUT2D eigenvalue weighted by Crippen LogP contribution is -2.10. The molecule has 0 unspecified atom stereocenters. The molecule has 0 aromatic carbocycles. The van der Waals surface area contributed by atoms with E-state index in [1.165, 1.54) is 12.1 Å². The molecule has 7 heteroatoms. The minimum absolute atomic E-state index is 0.120. The van der Waals surface area contributed by atoms with Crippen LogP contribution in [0.3, 0.4) is 0 Å². The minimum Gasteiger partial charge on any atom is -0.255 e. The molecule has 0 atom stereocenters. The van der Waals surface area contributed by atoms with Crippen LogP contribution in [0.4, 0.5) is 22.0 Å². The fraction of sp³-hybridized carbons (Fsp3) is 0.167. The minimum atomic E-state index is -4.67. The van der Waals surface area contributed by atoms with Gasteiger partial charge in [0.25, 0.3) is 6.43 Å². The summed E-state index contributed by atoms with van der Waals surface area (Å²) in [4.78, 5) is 6.60. The van der Waals surface area contributed by atoms with Gasteiger partial charge < -0.3 is 0 Å². The van der Waals surface area contributed by atoms with Crippen molar-refractivity contribution in [3.63, 3.8) is 0 Å². The number of nitrogens with zero attached hydrogens (tertiary/aromatic N) is 2. The van der Waals surface area contributed by atoms with Gasteiger partial charge in [0, 0.05) is 24.0 Å². The molecule has 0 spiro atoms. The van der Waals surface area contributed by atoms with E-state index in [0.29, 0.717) is 0 Å². The average molecular weight is 273 g/mol. The van der Waals surface area contributed by atoms with Crippen LogP contribution in [-0.4, -0.2) is 9.97 Å². The van der Waals surface area contributed by atoms with Gasteiger partial charge in [0.1, 0.15) is 5.69 Å². The van der Waals surface area contributed by atoms with E-state index < -0.39 is 24.0 Å². The van der Waals surface area contributed by atoms with Gasteiger partial charge in [-0.15, -0.1) is 0 Å². The topological polar surface area (TPSA) is 25.8 Å². The average Bonchev–Trinajstić information content (AvgIpc) is 2.38. The molecule has 2 aromatic rings. The van der Waals surface area contributed by atoms with Crippen molar-refractivity contribution < 1.29 is 22.0 Å². The number of rotatable bonds is 2. The largest absolute Gasteiger partial charge is 0.433 e. The van der Waals surface area contributed by atoms with Crippen LogP contribution in [0.1, 0.15) is 17.8 Å². The van der Waals surface area contributed by atoms with Crippen molar-refractivity contribution in [2.45, 2.75) is 12.6 Å². The van der Waals surface area contributed by atoms with Crippen LogP contribution in [0.15, 0.2) is 30.6 Å². The zero-order chi connectivity index (χ0) is 14.0. The van der Waals surface area contributed by atoms with Gasteiger partial charge in [-0.2, -0.15) is 13.2 Å². The Bertz CT molecular complexity index is 580. The molecular weight excluding hydrogens is 267 g/mol. The van der Waals surface area contributed by atoms with Gasteiger partial charge in [0.2, 0.25) is 0 Å². The Morgan fingerprint density at radius 2 is 1.79 bits per heavy atom. The Kier molecular flexibility index (Phi) is 3.46. The maximum Gasteiger partial charge on any atom is 0.433 e. The third-order valence-corrected chi connectivity index (χ3v) is 2.29. The Morgan fingerprint density at radius 1 is 1.05 bits per heavy atom. The van der Waals surface area contributed by atoms with Crippen molar-refractivity contribution >= 4 is 0 Å². The summed E-state index contributed by atoms with van der Waals surface area (Å²) in [7, 11) is 0. The Balaban J connectivity index is 2.56. The Hall–Kier alpha value is -2.05. The molecule has 2 rings (SSSR count). The normalized spacial score (nSPS) is 11.9.